The summed E-state index contributed by atoms with van der Waals surface area (Å²) in [5, 5.41) is 23.4. The van der Waals surface area contributed by atoms with E-state index in [1.807, 2.05) is 60.8 Å². The number of H-pyrrole nitrogens is 1. The van der Waals surface area contributed by atoms with Gasteiger partial charge in [-0.05, 0) is 23.8 Å². The zero-order valence-corrected chi connectivity index (χ0v) is 19.9. The van der Waals surface area contributed by atoms with Crippen LogP contribution in [-0.4, -0.2) is 37.1 Å². The maximum atomic E-state index is 14.4. The smallest absolute Gasteiger partial charge is 0.321 e. The van der Waals surface area contributed by atoms with Gasteiger partial charge < -0.3 is 10.1 Å². The molecule has 0 spiro atoms. The summed E-state index contributed by atoms with van der Waals surface area (Å²) < 4.78 is 14.4. The highest BCUT2D eigenvalue weighted by atomic mass is 35.5. The highest BCUT2D eigenvalue weighted by Crippen LogP contribution is 2.24. The van der Waals surface area contributed by atoms with Crippen LogP contribution in [0, 0.1) is 5.82 Å². The number of hydrogen-bond donors (Lipinski definition) is 3. The first kappa shape index (κ1) is 23.7. The average Bonchev–Trinajstić information content (AvgIpc) is 3.48. The monoisotopic (exact) mass is 503 g/mol. The Morgan fingerprint density at radius 2 is 1.83 bits per heavy atom. The van der Waals surface area contributed by atoms with Crippen molar-refractivity contribution in [2.24, 2.45) is 0 Å². The van der Waals surface area contributed by atoms with Gasteiger partial charge in [0.05, 0.1) is 6.54 Å². The molecular formula is C27H23ClFN5O2. The molecule has 0 radical (unpaired) electrons. The number of benzene rings is 3. The van der Waals surface area contributed by atoms with Crippen LogP contribution in [-0.2, 0) is 24.3 Å². The Bertz CT molecular complexity index is 1500. The highest BCUT2D eigenvalue weighted by molar-refractivity contribution is 6.31. The molecule has 0 aliphatic carbocycles. The lowest BCUT2D eigenvalue weighted by Gasteiger charge is -2.13. The maximum Gasteiger partial charge on any atom is 0.321 e. The highest BCUT2D eigenvalue weighted by Gasteiger charge is 2.22. The molecule has 9 heteroatoms. The second kappa shape index (κ2) is 10.3. The minimum Gasteiger partial charge on any atom is -0.480 e. The maximum absolute atomic E-state index is 14.4. The Morgan fingerprint density at radius 1 is 1.06 bits per heavy atom. The SMILES string of the molecule is O=C(O)[C@H](Cc1c[nH]c2ccccc12)NCc1nn(Cc2c(F)cccc2Cl)nc1-c1ccccc1. The number of carbonyl (C=O) groups is 1. The number of aromatic nitrogens is 4. The van der Waals surface area contributed by atoms with Crippen LogP contribution in [0.3, 0.4) is 0 Å². The van der Waals surface area contributed by atoms with Crippen LogP contribution in [0.2, 0.25) is 5.02 Å². The van der Waals surface area contributed by atoms with Crippen molar-refractivity contribution in [2.45, 2.75) is 25.6 Å². The molecule has 3 aromatic carbocycles. The quantitative estimate of drug-likeness (QED) is 0.261. The molecule has 0 aliphatic heterocycles. The van der Waals surface area contributed by atoms with E-state index in [0.29, 0.717) is 17.8 Å². The van der Waals surface area contributed by atoms with Gasteiger partial charge in [0.2, 0.25) is 0 Å². The predicted octanol–water partition coefficient (Wildman–Crippen LogP) is 5.05. The molecule has 7 nitrogen and oxygen atoms in total. The molecule has 36 heavy (non-hydrogen) atoms. The number of carboxylic acid groups (broad SMARTS) is 1. The Labute approximate surface area is 211 Å². The molecule has 1 atom stereocenters. The summed E-state index contributed by atoms with van der Waals surface area (Å²) in [6.45, 7) is 0.206. The molecule has 182 valence electrons. The lowest BCUT2D eigenvalue weighted by atomic mass is 10.0. The number of halogens is 2. The van der Waals surface area contributed by atoms with E-state index in [1.165, 1.54) is 10.9 Å². The number of nitrogens with one attached hydrogen (secondary N) is 2. The van der Waals surface area contributed by atoms with Gasteiger partial charge in [0.25, 0.3) is 0 Å². The van der Waals surface area contributed by atoms with E-state index in [9.17, 15) is 14.3 Å². The van der Waals surface area contributed by atoms with Gasteiger partial charge >= 0.3 is 5.97 Å². The Kier molecular flexibility index (Phi) is 6.79. The first-order chi connectivity index (χ1) is 17.5. The topological polar surface area (TPSA) is 95.8 Å². The number of hydrogen-bond acceptors (Lipinski definition) is 4. The number of para-hydroxylation sites is 1. The van der Waals surface area contributed by atoms with Crippen LogP contribution >= 0.6 is 11.6 Å². The summed E-state index contributed by atoms with van der Waals surface area (Å²) in [5.41, 5.74) is 4.12. The molecule has 0 amide bonds. The van der Waals surface area contributed by atoms with Gasteiger partial charge in [-0.15, -0.1) is 0 Å². The second-order valence-corrected chi connectivity index (χ2v) is 8.83. The zero-order valence-electron chi connectivity index (χ0n) is 19.2. The zero-order chi connectivity index (χ0) is 25.1. The van der Waals surface area contributed by atoms with Gasteiger partial charge in [0.1, 0.15) is 23.2 Å². The average molecular weight is 504 g/mol. The number of carboxylic acids is 1. The van der Waals surface area contributed by atoms with Crippen LogP contribution in [0.25, 0.3) is 22.2 Å². The van der Waals surface area contributed by atoms with Crippen LogP contribution in [0.1, 0.15) is 16.8 Å². The van der Waals surface area contributed by atoms with Crippen molar-refractivity contribution < 1.29 is 14.3 Å². The van der Waals surface area contributed by atoms with E-state index in [2.05, 4.69) is 20.5 Å². The summed E-state index contributed by atoms with van der Waals surface area (Å²) in [5.74, 6) is -1.41. The van der Waals surface area contributed by atoms with E-state index in [-0.39, 0.29) is 23.7 Å². The first-order valence-electron chi connectivity index (χ1n) is 11.4. The normalized spacial score (nSPS) is 12.2. The third-order valence-corrected chi connectivity index (χ3v) is 6.40. The van der Waals surface area contributed by atoms with Crippen molar-refractivity contribution in [2.75, 3.05) is 0 Å². The minimum absolute atomic E-state index is 0.0447. The van der Waals surface area contributed by atoms with Gasteiger partial charge in [0, 0.05) is 46.2 Å². The third-order valence-electron chi connectivity index (χ3n) is 6.05. The number of aromatic amines is 1. The van der Waals surface area contributed by atoms with Crippen molar-refractivity contribution in [1.29, 1.82) is 0 Å². The Morgan fingerprint density at radius 3 is 2.61 bits per heavy atom. The molecule has 0 bridgehead atoms. The van der Waals surface area contributed by atoms with Gasteiger partial charge in [-0.2, -0.15) is 15.0 Å². The number of nitrogens with zero attached hydrogens (tertiary/aromatic N) is 3. The van der Waals surface area contributed by atoms with Gasteiger partial charge in [-0.1, -0.05) is 66.2 Å². The van der Waals surface area contributed by atoms with E-state index in [4.69, 9.17) is 11.6 Å². The molecule has 3 N–H and O–H groups in total. The molecular weight excluding hydrogens is 481 g/mol. The third kappa shape index (κ3) is 5.00. The van der Waals surface area contributed by atoms with Crippen molar-refractivity contribution in [3.63, 3.8) is 0 Å². The number of aliphatic carboxylic acids is 1. The summed E-state index contributed by atoms with van der Waals surface area (Å²) in [6, 6.07) is 20.9. The van der Waals surface area contributed by atoms with E-state index >= 15 is 0 Å². The molecule has 2 aromatic heterocycles. The Balaban J connectivity index is 1.41. The lowest BCUT2D eigenvalue weighted by Crippen LogP contribution is -2.38. The fourth-order valence-electron chi connectivity index (χ4n) is 4.20. The largest absolute Gasteiger partial charge is 0.480 e. The van der Waals surface area contributed by atoms with Gasteiger partial charge in [-0.25, -0.2) is 4.39 Å². The van der Waals surface area contributed by atoms with Crippen LogP contribution in [0.15, 0.2) is 79.0 Å². The van der Waals surface area contributed by atoms with E-state index in [1.54, 1.807) is 12.1 Å². The Hall–Kier alpha value is -4.01. The molecule has 0 aliphatic rings. The minimum atomic E-state index is -0.966. The molecule has 5 rings (SSSR count). The fourth-order valence-corrected chi connectivity index (χ4v) is 4.43. The van der Waals surface area contributed by atoms with Crippen LogP contribution in [0.5, 0.6) is 0 Å². The summed E-state index contributed by atoms with van der Waals surface area (Å²) in [6.07, 6.45) is 2.13. The van der Waals surface area contributed by atoms with Gasteiger partial charge in [-0.3, -0.25) is 10.1 Å². The fraction of sp³-hybridized carbons (Fsp3) is 0.148. The summed E-state index contributed by atoms with van der Waals surface area (Å²) >= 11 is 6.20. The van der Waals surface area contributed by atoms with Crippen molar-refractivity contribution in [3.05, 3.63) is 107 Å². The molecule has 5 aromatic rings. The first-order valence-corrected chi connectivity index (χ1v) is 11.8. The standard InChI is InChI=1S/C27H23ClFN5O2/c28-21-10-6-11-22(29)20(21)16-34-32-25(26(33-34)17-7-2-1-3-8-17)15-31-24(27(35)36)13-18-14-30-23-12-5-4-9-19(18)23/h1-12,14,24,30-31H,13,15-16H2,(H,35,36)/t24-/m0/s1. The lowest BCUT2D eigenvalue weighted by molar-refractivity contribution is -0.139. The predicted molar refractivity (Wildman–Crippen MR) is 136 cm³/mol. The van der Waals surface area contributed by atoms with Crippen molar-refractivity contribution in [3.8, 4) is 11.3 Å². The van der Waals surface area contributed by atoms with Crippen molar-refractivity contribution >= 4 is 28.5 Å². The second-order valence-electron chi connectivity index (χ2n) is 8.43. The summed E-state index contributed by atoms with van der Waals surface area (Å²) in [4.78, 5) is 16.7. The summed E-state index contributed by atoms with van der Waals surface area (Å²) in [7, 11) is 0. The van der Waals surface area contributed by atoms with Crippen molar-refractivity contribution in [1.82, 2.24) is 25.3 Å². The molecule has 0 saturated heterocycles. The van der Waals surface area contributed by atoms with Gasteiger partial charge in [0.15, 0.2) is 0 Å². The molecule has 0 fully saturated rings. The van der Waals surface area contributed by atoms with E-state index < -0.39 is 17.8 Å². The molecule has 2 heterocycles. The van der Waals surface area contributed by atoms with Crippen LogP contribution < -0.4 is 5.32 Å². The molecule has 0 saturated carbocycles. The number of rotatable bonds is 9. The van der Waals surface area contributed by atoms with E-state index in [0.717, 1.165) is 22.0 Å². The number of fused-ring (bicyclic) bond motifs is 1. The molecule has 0 unspecified atom stereocenters. The van der Waals surface area contributed by atoms with Crippen LogP contribution in [0.4, 0.5) is 4.39 Å².